The van der Waals surface area contributed by atoms with Crippen LogP contribution in [0.2, 0.25) is 0 Å². The molecule has 2 aliphatic heterocycles. The largest absolute Gasteiger partial charge is 0.330 e. The summed E-state index contributed by atoms with van der Waals surface area (Å²) in [6.07, 6.45) is 7.54. The first kappa shape index (κ1) is 15.6. The summed E-state index contributed by atoms with van der Waals surface area (Å²) in [4.78, 5) is 19.1. The van der Waals surface area contributed by atoms with Crippen LogP contribution in [0.4, 0.5) is 0 Å². The molecule has 0 aromatic carbocycles. The van der Waals surface area contributed by atoms with Gasteiger partial charge in [-0.25, -0.2) is 9.67 Å². The van der Waals surface area contributed by atoms with Crippen LogP contribution in [0.3, 0.4) is 0 Å². The number of aryl methyl sites for hydroxylation is 1. The highest BCUT2D eigenvalue weighted by Crippen LogP contribution is 2.36. The average Bonchev–Trinajstić information content (AvgIpc) is 3.32. The van der Waals surface area contributed by atoms with E-state index in [0.29, 0.717) is 12.0 Å². The van der Waals surface area contributed by atoms with E-state index in [-0.39, 0.29) is 5.56 Å². The number of hydrogen-bond donors (Lipinski definition) is 0. The molecule has 2 fully saturated rings. The molecule has 0 amide bonds. The van der Waals surface area contributed by atoms with Gasteiger partial charge in [-0.3, -0.25) is 9.69 Å². The fraction of sp³-hybridized carbons (Fsp3) is 0.611. The van der Waals surface area contributed by atoms with Crippen molar-refractivity contribution in [3.8, 4) is 0 Å². The van der Waals surface area contributed by atoms with Crippen LogP contribution in [0.15, 0.2) is 23.4 Å². The van der Waals surface area contributed by atoms with E-state index in [9.17, 15) is 4.79 Å². The predicted octanol–water partition coefficient (Wildman–Crippen LogP) is 1.70. The molecule has 0 spiro atoms. The summed E-state index contributed by atoms with van der Waals surface area (Å²) >= 11 is 1.89. The molecule has 25 heavy (non-hydrogen) atoms. The van der Waals surface area contributed by atoms with E-state index in [1.54, 1.807) is 10.7 Å². The maximum atomic E-state index is 12.3. The molecule has 3 aliphatic rings. The van der Waals surface area contributed by atoms with Crippen molar-refractivity contribution in [2.75, 3.05) is 18.8 Å². The maximum Gasteiger partial charge on any atom is 0.267 e. The van der Waals surface area contributed by atoms with Gasteiger partial charge in [0.15, 0.2) is 0 Å². The van der Waals surface area contributed by atoms with Crippen LogP contribution in [0.25, 0.3) is 0 Å². The quantitative estimate of drug-likeness (QED) is 0.815. The number of thioether (sulfide) groups is 1. The van der Waals surface area contributed by atoms with Gasteiger partial charge in [-0.1, -0.05) is 0 Å². The molecule has 0 bridgehead atoms. The van der Waals surface area contributed by atoms with Crippen molar-refractivity contribution in [1.82, 2.24) is 24.2 Å². The number of imidazole rings is 1. The number of hydrogen-bond acceptors (Lipinski definition) is 5. The van der Waals surface area contributed by atoms with E-state index in [1.807, 2.05) is 24.3 Å². The third-order valence-electron chi connectivity index (χ3n) is 5.44. The topological polar surface area (TPSA) is 56.0 Å². The van der Waals surface area contributed by atoms with E-state index in [1.165, 1.54) is 18.5 Å². The summed E-state index contributed by atoms with van der Waals surface area (Å²) in [7, 11) is 0. The van der Waals surface area contributed by atoms with Gasteiger partial charge in [-0.15, -0.1) is 0 Å². The lowest BCUT2D eigenvalue weighted by atomic mass is 10.00. The Morgan fingerprint density at radius 2 is 2.16 bits per heavy atom. The summed E-state index contributed by atoms with van der Waals surface area (Å²) in [5.74, 6) is 2.58. The van der Waals surface area contributed by atoms with Crippen LogP contribution >= 0.6 is 11.8 Å². The van der Waals surface area contributed by atoms with E-state index >= 15 is 0 Å². The summed E-state index contributed by atoms with van der Waals surface area (Å²) in [6.45, 7) is 3.79. The minimum absolute atomic E-state index is 0.0616. The fourth-order valence-electron chi connectivity index (χ4n) is 3.91. The number of aromatic nitrogens is 4. The van der Waals surface area contributed by atoms with Crippen LogP contribution in [-0.2, 0) is 25.3 Å². The van der Waals surface area contributed by atoms with Crippen molar-refractivity contribution in [1.29, 1.82) is 0 Å². The molecule has 1 aliphatic carbocycles. The molecular formula is C18H23N5OS. The standard InChI is InChI=1S/C18H23N5OS/c24-18-5-14-11-25-4-3-17(14)20-23(18)9-13-7-21(8-13)10-16-6-19-12-22(16)15-1-2-15/h5-6,12-13,15H,1-4,7-11H2. The second-order valence-electron chi connectivity index (χ2n) is 7.52. The first-order valence-corrected chi connectivity index (χ1v) is 10.3. The normalized spacial score (nSPS) is 21.1. The van der Waals surface area contributed by atoms with Crippen molar-refractivity contribution in [3.63, 3.8) is 0 Å². The highest BCUT2D eigenvalue weighted by molar-refractivity contribution is 7.98. The van der Waals surface area contributed by atoms with E-state index in [2.05, 4.69) is 19.5 Å². The van der Waals surface area contributed by atoms with Gasteiger partial charge in [0, 0.05) is 56.0 Å². The predicted molar refractivity (Wildman–Crippen MR) is 97.6 cm³/mol. The Morgan fingerprint density at radius 1 is 1.28 bits per heavy atom. The van der Waals surface area contributed by atoms with Gasteiger partial charge >= 0.3 is 0 Å². The van der Waals surface area contributed by atoms with Gasteiger partial charge in [0.1, 0.15) is 0 Å². The molecule has 0 atom stereocenters. The van der Waals surface area contributed by atoms with Crippen molar-refractivity contribution in [3.05, 3.63) is 45.9 Å². The van der Waals surface area contributed by atoms with E-state index < -0.39 is 0 Å². The van der Waals surface area contributed by atoms with E-state index in [4.69, 9.17) is 0 Å². The summed E-state index contributed by atoms with van der Waals surface area (Å²) in [5, 5.41) is 4.64. The smallest absolute Gasteiger partial charge is 0.267 e. The summed E-state index contributed by atoms with van der Waals surface area (Å²) < 4.78 is 4.03. The van der Waals surface area contributed by atoms with Gasteiger partial charge < -0.3 is 4.57 Å². The summed E-state index contributed by atoms with van der Waals surface area (Å²) in [5.41, 5.74) is 3.65. The van der Waals surface area contributed by atoms with Crippen molar-refractivity contribution >= 4 is 11.8 Å². The molecule has 0 radical (unpaired) electrons. The van der Waals surface area contributed by atoms with Crippen LogP contribution < -0.4 is 5.56 Å². The molecular weight excluding hydrogens is 334 g/mol. The second-order valence-corrected chi connectivity index (χ2v) is 8.63. The molecule has 2 aromatic heterocycles. The molecule has 0 unspecified atom stereocenters. The molecule has 1 saturated heterocycles. The molecule has 2 aromatic rings. The van der Waals surface area contributed by atoms with E-state index in [0.717, 1.165) is 55.4 Å². The number of likely N-dealkylation sites (tertiary alicyclic amines) is 1. The Bertz CT molecular complexity index is 834. The SMILES string of the molecule is O=c1cc2c(nn1CC1CN(Cc3cncn3C3CC3)C1)CCSC2. The number of fused-ring (bicyclic) bond motifs is 1. The van der Waals surface area contributed by atoms with Gasteiger partial charge in [-0.05, 0) is 24.2 Å². The van der Waals surface area contributed by atoms with Crippen LogP contribution in [-0.4, -0.2) is 43.1 Å². The number of rotatable bonds is 5. The van der Waals surface area contributed by atoms with Crippen LogP contribution in [0.5, 0.6) is 0 Å². The van der Waals surface area contributed by atoms with Gasteiger partial charge in [0.05, 0.1) is 24.3 Å². The molecule has 7 heteroatoms. The minimum atomic E-state index is 0.0616. The summed E-state index contributed by atoms with van der Waals surface area (Å²) in [6, 6.07) is 2.49. The van der Waals surface area contributed by atoms with Crippen LogP contribution in [0, 0.1) is 5.92 Å². The highest BCUT2D eigenvalue weighted by Gasteiger charge is 2.30. The molecule has 132 valence electrons. The lowest BCUT2D eigenvalue weighted by Gasteiger charge is -2.39. The Kier molecular flexibility index (Phi) is 3.93. The lowest BCUT2D eigenvalue weighted by Crippen LogP contribution is -2.49. The molecule has 5 rings (SSSR count). The molecule has 0 N–H and O–H groups in total. The average molecular weight is 357 g/mol. The van der Waals surface area contributed by atoms with Crippen molar-refractivity contribution in [2.45, 2.75) is 44.1 Å². The minimum Gasteiger partial charge on any atom is -0.330 e. The zero-order chi connectivity index (χ0) is 16.8. The zero-order valence-electron chi connectivity index (χ0n) is 14.3. The van der Waals surface area contributed by atoms with Gasteiger partial charge in [0.25, 0.3) is 5.56 Å². The van der Waals surface area contributed by atoms with Gasteiger partial charge in [-0.2, -0.15) is 16.9 Å². The fourth-order valence-corrected chi connectivity index (χ4v) is 4.87. The number of nitrogens with zero attached hydrogens (tertiary/aromatic N) is 5. The monoisotopic (exact) mass is 357 g/mol. The highest BCUT2D eigenvalue weighted by atomic mass is 32.2. The lowest BCUT2D eigenvalue weighted by molar-refractivity contribution is 0.0741. The van der Waals surface area contributed by atoms with Crippen LogP contribution in [0.1, 0.15) is 35.8 Å². The van der Waals surface area contributed by atoms with Crippen molar-refractivity contribution < 1.29 is 0 Å². The maximum absolute atomic E-state index is 12.3. The molecule has 4 heterocycles. The van der Waals surface area contributed by atoms with Gasteiger partial charge in [0.2, 0.25) is 0 Å². The van der Waals surface area contributed by atoms with Crippen molar-refractivity contribution in [2.24, 2.45) is 5.92 Å². The molecule has 6 nitrogen and oxygen atoms in total. The second kappa shape index (κ2) is 6.29. The molecule has 1 saturated carbocycles. The Morgan fingerprint density at radius 3 is 3.00 bits per heavy atom. The third-order valence-corrected chi connectivity index (χ3v) is 6.45. The Labute approximate surface area is 151 Å². The third kappa shape index (κ3) is 3.15. The first-order valence-electron chi connectivity index (χ1n) is 9.17. The Hall–Kier alpha value is -1.60. The Balaban J connectivity index is 1.20. The first-order chi connectivity index (χ1) is 12.3. The zero-order valence-corrected chi connectivity index (χ0v) is 15.1.